The molecule has 186 valence electrons. The highest BCUT2D eigenvalue weighted by Crippen LogP contribution is 2.40. The van der Waals surface area contributed by atoms with Gasteiger partial charge in [0.25, 0.3) is 11.8 Å². The van der Waals surface area contributed by atoms with Gasteiger partial charge in [0.05, 0.1) is 11.6 Å². The van der Waals surface area contributed by atoms with Crippen LogP contribution in [-0.2, 0) is 17.4 Å². The summed E-state index contributed by atoms with van der Waals surface area (Å²) < 4.78 is 67.2. The molecule has 0 saturated heterocycles. The number of halogens is 6. The number of anilines is 1. The summed E-state index contributed by atoms with van der Waals surface area (Å²) in [4.78, 5) is 37.4. The highest BCUT2D eigenvalue weighted by atomic mass is 35.5. The molecule has 1 aliphatic heterocycles. The molecule has 1 aliphatic rings. The predicted octanol–water partition coefficient (Wildman–Crippen LogP) is 5.85. The summed E-state index contributed by atoms with van der Waals surface area (Å²) in [6.07, 6.45) is -5.00. The molecule has 0 unspecified atom stereocenters. The fourth-order valence-electron chi connectivity index (χ4n) is 4.03. The molecule has 0 aromatic heterocycles. The van der Waals surface area contributed by atoms with E-state index in [4.69, 9.17) is 11.6 Å². The lowest BCUT2D eigenvalue weighted by molar-refractivity contribution is -0.137. The average molecular weight is 523 g/mol. The van der Waals surface area contributed by atoms with E-state index in [2.05, 4.69) is 10.6 Å². The van der Waals surface area contributed by atoms with Gasteiger partial charge in [0.15, 0.2) is 0 Å². The van der Waals surface area contributed by atoms with Crippen LogP contribution in [0.2, 0.25) is 5.02 Å². The number of carbonyl (C=O) groups excluding carboxylic acids is 3. The van der Waals surface area contributed by atoms with E-state index in [1.165, 1.54) is 25.1 Å². The average Bonchev–Trinajstić information content (AvgIpc) is 3.10. The molecular formula is C25H16ClF5N2O3. The van der Waals surface area contributed by atoms with Crippen LogP contribution >= 0.6 is 11.6 Å². The Hall–Kier alpha value is -3.79. The van der Waals surface area contributed by atoms with Gasteiger partial charge in [-0.05, 0) is 61.0 Å². The number of hydrogen-bond acceptors (Lipinski definition) is 3. The lowest BCUT2D eigenvalue weighted by atomic mass is 9.93. The van der Waals surface area contributed by atoms with Crippen molar-refractivity contribution in [3.05, 3.63) is 98.6 Å². The summed E-state index contributed by atoms with van der Waals surface area (Å²) in [6.45, 7) is 1.31. The molecule has 0 spiro atoms. The number of fused-ring (bicyclic) bond motifs is 1. The number of alkyl halides is 3. The van der Waals surface area contributed by atoms with E-state index >= 15 is 0 Å². The zero-order valence-electron chi connectivity index (χ0n) is 18.4. The molecule has 4 rings (SSSR count). The van der Waals surface area contributed by atoms with Gasteiger partial charge in [-0.25, -0.2) is 8.78 Å². The normalized spacial score (nSPS) is 14.9. The Morgan fingerprint density at radius 3 is 2.42 bits per heavy atom. The minimum atomic E-state index is -4.89. The van der Waals surface area contributed by atoms with Crippen LogP contribution in [0.15, 0.2) is 48.5 Å². The molecule has 2 N–H and O–H groups in total. The lowest BCUT2D eigenvalue weighted by Crippen LogP contribution is -2.21. The molecule has 3 aromatic rings. The van der Waals surface area contributed by atoms with Crippen molar-refractivity contribution in [2.24, 2.45) is 0 Å². The Balaban J connectivity index is 1.84. The maximum Gasteiger partial charge on any atom is 0.416 e. The molecule has 0 bridgehead atoms. The van der Waals surface area contributed by atoms with Crippen molar-refractivity contribution in [3.8, 4) is 0 Å². The lowest BCUT2D eigenvalue weighted by Gasteiger charge is -2.19. The number of amides is 2. The van der Waals surface area contributed by atoms with Crippen molar-refractivity contribution in [1.29, 1.82) is 0 Å². The number of hydrogen-bond donors (Lipinski definition) is 2. The van der Waals surface area contributed by atoms with Crippen LogP contribution in [0, 0.1) is 11.6 Å². The molecule has 2 amide bonds. The second-order valence-corrected chi connectivity index (χ2v) is 8.64. The Morgan fingerprint density at radius 1 is 1.03 bits per heavy atom. The SMILES string of the molecule is CC(=O)Cc1cc(NC(=O)c2cc(F)cc(C(F)(F)F)c2)c2c(c1)C(=O)N[C@H]2c1cc(F)ccc1Cl. The van der Waals surface area contributed by atoms with E-state index in [1.807, 2.05) is 0 Å². The van der Waals surface area contributed by atoms with E-state index in [9.17, 15) is 36.3 Å². The van der Waals surface area contributed by atoms with E-state index in [0.717, 1.165) is 12.1 Å². The highest BCUT2D eigenvalue weighted by Gasteiger charge is 2.35. The Kier molecular flexibility index (Phi) is 6.57. The van der Waals surface area contributed by atoms with Gasteiger partial charge in [0.1, 0.15) is 17.4 Å². The number of ketones is 1. The van der Waals surface area contributed by atoms with Gasteiger partial charge < -0.3 is 10.6 Å². The second kappa shape index (κ2) is 9.34. The first-order valence-corrected chi connectivity index (χ1v) is 10.8. The first-order valence-electron chi connectivity index (χ1n) is 10.4. The van der Waals surface area contributed by atoms with Crippen molar-refractivity contribution < 1.29 is 36.3 Å². The molecule has 5 nitrogen and oxygen atoms in total. The summed E-state index contributed by atoms with van der Waals surface area (Å²) in [7, 11) is 0. The van der Waals surface area contributed by atoms with Gasteiger partial charge in [-0.3, -0.25) is 14.4 Å². The summed E-state index contributed by atoms with van der Waals surface area (Å²) in [6, 6.07) is 6.66. The molecule has 0 aliphatic carbocycles. The Labute approximate surface area is 206 Å². The highest BCUT2D eigenvalue weighted by molar-refractivity contribution is 6.31. The monoisotopic (exact) mass is 522 g/mol. The minimum Gasteiger partial charge on any atom is -0.341 e. The molecule has 11 heteroatoms. The second-order valence-electron chi connectivity index (χ2n) is 8.24. The van der Waals surface area contributed by atoms with Crippen LogP contribution in [-0.4, -0.2) is 17.6 Å². The smallest absolute Gasteiger partial charge is 0.341 e. The van der Waals surface area contributed by atoms with Crippen LogP contribution in [0.25, 0.3) is 0 Å². The molecule has 1 atom stereocenters. The van der Waals surface area contributed by atoms with Crippen LogP contribution < -0.4 is 10.6 Å². The number of rotatable bonds is 5. The number of Topliss-reactive ketones (excluding diaryl/α,β-unsaturated/α-hetero) is 1. The van der Waals surface area contributed by atoms with Crippen LogP contribution in [0.3, 0.4) is 0 Å². The molecule has 36 heavy (non-hydrogen) atoms. The summed E-state index contributed by atoms with van der Waals surface area (Å²) in [5, 5.41) is 5.17. The number of nitrogens with one attached hydrogen (secondary N) is 2. The van der Waals surface area contributed by atoms with E-state index in [1.54, 1.807) is 0 Å². The topological polar surface area (TPSA) is 75.3 Å². The quantitative estimate of drug-likeness (QED) is 0.413. The maximum absolute atomic E-state index is 14.0. The predicted molar refractivity (Wildman–Crippen MR) is 121 cm³/mol. The third kappa shape index (κ3) is 5.08. The molecule has 3 aromatic carbocycles. The van der Waals surface area contributed by atoms with Gasteiger partial charge in [-0.2, -0.15) is 13.2 Å². The fourth-order valence-corrected chi connectivity index (χ4v) is 4.26. The third-order valence-corrected chi connectivity index (χ3v) is 5.85. The summed E-state index contributed by atoms with van der Waals surface area (Å²) >= 11 is 6.22. The fraction of sp³-hybridized carbons (Fsp3) is 0.160. The molecular weight excluding hydrogens is 507 g/mol. The van der Waals surface area contributed by atoms with E-state index in [-0.39, 0.29) is 45.7 Å². The van der Waals surface area contributed by atoms with Crippen LogP contribution in [0.1, 0.15) is 55.9 Å². The van der Waals surface area contributed by atoms with Crippen molar-refractivity contribution in [2.45, 2.75) is 25.6 Å². The zero-order valence-corrected chi connectivity index (χ0v) is 19.2. The third-order valence-electron chi connectivity index (χ3n) is 5.51. The van der Waals surface area contributed by atoms with Crippen LogP contribution in [0.5, 0.6) is 0 Å². The first-order chi connectivity index (χ1) is 16.8. The van der Waals surface area contributed by atoms with Crippen molar-refractivity contribution >= 4 is 34.9 Å². The summed E-state index contributed by atoms with van der Waals surface area (Å²) in [5.74, 6) is -3.86. The molecule has 0 fully saturated rings. The molecule has 0 radical (unpaired) electrons. The molecule has 0 saturated carbocycles. The first kappa shape index (κ1) is 25.3. The van der Waals surface area contributed by atoms with Gasteiger partial charge in [-0.15, -0.1) is 0 Å². The van der Waals surface area contributed by atoms with Gasteiger partial charge in [0, 0.05) is 39.4 Å². The van der Waals surface area contributed by atoms with E-state index < -0.39 is 46.8 Å². The maximum atomic E-state index is 14.0. The van der Waals surface area contributed by atoms with Gasteiger partial charge in [0.2, 0.25) is 0 Å². The Morgan fingerprint density at radius 2 is 1.75 bits per heavy atom. The standard InChI is InChI=1S/C25H16ClF5N2O3/c1-11(34)4-12-5-18-21(22(33-24(18)36)17-10-15(27)2-3-19(17)26)20(6-12)32-23(35)13-7-14(25(29,30)31)9-16(28)8-13/h2-3,5-10,22H,4H2,1H3,(H,32,35)(H,33,36)/t22-/m0/s1. The minimum absolute atomic E-state index is 0.0322. The Bertz CT molecular complexity index is 1420. The number of carbonyl (C=O) groups is 3. The van der Waals surface area contributed by atoms with E-state index in [0.29, 0.717) is 17.7 Å². The van der Waals surface area contributed by atoms with Gasteiger partial charge in [-0.1, -0.05) is 11.6 Å². The van der Waals surface area contributed by atoms with Crippen molar-refractivity contribution in [1.82, 2.24) is 5.32 Å². The number of benzene rings is 3. The summed E-state index contributed by atoms with van der Waals surface area (Å²) in [5.41, 5.74) is -1.27. The molecule has 1 heterocycles. The van der Waals surface area contributed by atoms with Crippen molar-refractivity contribution in [2.75, 3.05) is 5.32 Å². The zero-order chi connectivity index (χ0) is 26.4. The van der Waals surface area contributed by atoms with Gasteiger partial charge >= 0.3 is 6.18 Å². The largest absolute Gasteiger partial charge is 0.416 e. The van der Waals surface area contributed by atoms with Crippen LogP contribution in [0.4, 0.5) is 27.6 Å². The van der Waals surface area contributed by atoms with Crippen molar-refractivity contribution in [3.63, 3.8) is 0 Å².